The summed E-state index contributed by atoms with van der Waals surface area (Å²) in [5.41, 5.74) is 20.4. The van der Waals surface area contributed by atoms with Gasteiger partial charge >= 0.3 is 0 Å². The Kier molecular flexibility index (Phi) is 4.94. The van der Waals surface area contributed by atoms with Crippen LogP contribution in [0.2, 0.25) is 0 Å². The van der Waals surface area contributed by atoms with Crippen LogP contribution in [-0.4, -0.2) is 0 Å². The van der Waals surface area contributed by atoms with Gasteiger partial charge in [0.1, 0.15) is 0 Å². The molecule has 0 bridgehead atoms. The summed E-state index contributed by atoms with van der Waals surface area (Å²) >= 11 is 0. The molecule has 4 rings (SSSR count). The van der Waals surface area contributed by atoms with Gasteiger partial charge in [-0.2, -0.15) is 0 Å². The van der Waals surface area contributed by atoms with Gasteiger partial charge in [0.2, 0.25) is 0 Å². The van der Waals surface area contributed by atoms with E-state index in [1.165, 1.54) is 0 Å². The lowest BCUT2D eigenvalue weighted by Crippen LogP contribution is -1.90. The molecule has 0 saturated heterocycles. The molecule has 4 aromatic carbocycles. The van der Waals surface area contributed by atoms with Gasteiger partial charge in [0, 0.05) is 11.4 Å². The Morgan fingerprint density at radius 1 is 0.464 bits per heavy atom. The summed E-state index contributed by atoms with van der Waals surface area (Å²) in [6, 6.07) is 32.7. The summed E-state index contributed by atoms with van der Waals surface area (Å²) in [6.45, 7) is 0. The first-order valence-electron chi connectivity index (χ1n) is 9.29. The monoisotopic (exact) mass is 362 g/mol. The maximum absolute atomic E-state index is 6.05. The molecule has 0 unspecified atom stereocenters. The molecule has 4 aromatic rings. The van der Waals surface area contributed by atoms with Gasteiger partial charge in [0.15, 0.2) is 0 Å². The van der Waals surface area contributed by atoms with Gasteiger partial charge in [-0.3, -0.25) is 0 Å². The van der Waals surface area contributed by atoms with Crippen molar-refractivity contribution >= 4 is 23.5 Å². The van der Waals surface area contributed by atoms with Crippen molar-refractivity contribution in [2.75, 3.05) is 11.5 Å². The molecule has 4 N–H and O–H groups in total. The van der Waals surface area contributed by atoms with Crippen molar-refractivity contribution in [3.63, 3.8) is 0 Å². The molecule has 0 amide bonds. The van der Waals surface area contributed by atoms with Gasteiger partial charge in [-0.25, -0.2) is 0 Å². The number of hydrogen-bond acceptors (Lipinski definition) is 2. The Hall–Kier alpha value is -3.78. The van der Waals surface area contributed by atoms with Gasteiger partial charge in [-0.15, -0.1) is 0 Å². The zero-order valence-electron chi connectivity index (χ0n) is 15.5. The molecule has 0 aromatic heterocycles. The van der Waals surface area contributed by atoms with Gasteiger partial charge in [0.05, 0.1) is 0 Å². The smallest absolute Gasteiger partial charge is 0.0320 e. The molecule has 0 aliphatic carbocycles. The second kappa shape index (κ2) is 7.85. The first-order chi connectivity index (χ1) is 13.7. The highest BCUT2D eigenvalue weighted by Gasteiger charge is 2.06. The second-order valence-corrected chi connectivity index (χ2v) is 6.76. The van der Waals surface area contributed by atoms with Gasteiger partial charge in [0.25, 0.3) is 0 Å². The molecule has 0 atom stereocenters. The Balaban J connectivity index is 1.78. The zero-order valence-corrected chi connectivity index (χ0v) is 15.5. The van der Waals surface area contributed by atoms with Crippen LogP contribution in [0.5, 0.6) is 0 Å². The van der Waals surface area contributed by atoms with E-state index in [-0.39, 0.29) is 0 Å². The van der Waals surface area contributed by atoms with Crippen LogP contribution >= 0.6 is 0 Å². The number of anilines is 2. The second-order valence-electron chi connectivity index (χ2n) is 6.76. The van der Waals surface area contributed by atoms with E-state index in [9.17, 15) is 0 Å². The first kappa shape index (κ1) is 17.6. The van der Waals surface area contributed by atoms with Crippen molar-refractivity contribution in [3.05, 3.63) is 108 Å². The largest absolute Gasteiger partial charge is 0.399 e. The van der Waals surface area contributed by atoms with E-state index in [1.54, 1.807) is 0 Å². The molecular formula is C26H22N2. The highest BCUT2D eigenvalue weighted by Crippen LogP contribution is 2.30. The van der Waals surface area contributed by atoms with E-state index < -0.39 is 0 Å². The molecule has 28 heavy (non-hydrogen) atoms. The third-order valence-corrected chi connectivity index (χ3v) is 4.77. The fraction of sp³-hybridized carbons (Fsp3) is 0. The summed E-state index contributed by atoms with van der Waals surface area (Å²) < 4.78 is 0. The minimum absolute atomic E-state index is 0.758. The number of rotatable bonds is 4. The minimum Gasteiger partial charge on any atom is -0.399 e. The van der Waals surface area contributed by atoms with Crippen molar-refractivity contribution < 1.29 is 0 Å². The highest BCUT2D eigenvalue weighted by molar-refractivity contribution is 5.87. The summed E-state index contributed by atoms with van der Waals surface area (Å²) in [5.74, 6) is 0. The van der Waals surface area contributed by atoms with Crippen molar-refractivity contribution in [3.8, 4) is 22.3 Å². The average Bonchev–Trinajstić information content (AvgIpc) is 2.75. The molecule has 0 radical (unpaired) electrons. The Bertz CT molecular complexity index is 1020. The van der Waals surface area contributed by atoms with Gasteiger partial charge < -0.3 is 11.5 Å². The average molecular weight is 362 g/mol. The normalized spacial score (nSPS) is 11.0. The highest BCUT2D eigenvalue weighted by atomic mass is 14.5. The van der Waals surface area contributed by atoms with E-state index in [4.69, 9.17) is 11.5 Å². The predicted molar refractivity (Wildman–Crippen MR) is 122 cm³/mol. The molecule has 0 aliphatic heterocycles. The number of benzene rings is 4. The standard InChI is InChI=1S/C26H22N2/c27-23-15-13-21(25(17-23)19-7-3-1-4-8-19)11-12-22-14-16-24(28)18-26(22)20-9-5-2-6-10-20/h1-18H,27-28H2/b12-11+. The van der Waals surface area contributed by atoms with Gasteiger partial charge in [-0.05, 0) is 57.6 Å². The Morgan fingerprint density at radius 3 is 1.25 bits per heavy atom. The van der Waals surface area contributed by atoms with E-state index in [2.05, 4.69) is 48.6 Å². The number of nitrogens with two attached hydrogens (primary N) is 2. The van der Waals surface area contributed by atoms with Crippen LogP contribution < -0.4 is 11.5 Å². The topological polar surface area (TPSA) is 52.0 Å². The van der Waals surface area contributed by atoms with Crippen LogP contribution in [0.4, 0.5) is 11.4 Å². The maximum Gasteiger partial charge on any atom is 0.0320 e. The SMILES string of the molecule is Nc1ccc(/C=C/c2ccc(N)cc2-c2ccccc2)c(-c2ccccc2)c1. The third kappa shape index (κ3) is 3.81. The first-order valence-corrected chi connectivity index (χ1v) is 9.29. The fourth-order valence-electron chi connectivity index (χ4n) is 3.35. The van der Waals surface area contributed by atoms with Crippen molar-refractivity contribution in [2.45, 2.75) is 0 Å². The minimum atomic E-state index is 0.758. The molecule has 0 spiro atoms. The molecule has 136 valence electrons. The summed E-state index contributed by atoms with van der Waals surface area (Å²) in [5, 5.41) is 0. The molecular weight excluding hydrogens is 340 g/mol. The van der Waals surface area contributed by atoms with Crippen molar-refractivity contribution in [2.24, 2.45) is 0 Å². The zero-order chi connectivity index (χ0) is 19.3. The molecule has 2 heteroatoms. The van der Waals surface area contributed by atoms with Crippen LogP contribution in [0.15, 0.2) is 97.1 Å². The lowest BCUT2D eigenvalue weighted by atomic mass is 9.96. The van der Waals surface area contributed by atoms with E-state index in [0.29, 0.717) is 0 Å². The van der Waals surface area contributed by atoms with Crippen molar-refractivity contribution in [1.29, 1.82) is 0 Å². The quantitative estimate of drug-likeness (QED) is 0.328. The molecule has 2 nitrogen and oxygen atoms in total. The summed E-state index contributed by atoms with van der Waals surface area (Å²) in [4.78, 5) is 0. The summed E-state index contributed by atoms with van der Waals surface area (Å²) in [7, 11) is 0. The van der Waals surface area contributed by atoms with E-state index in [0.717, 1.165) is 44.8 Å². The molecule has 0 fully saturated rings. The predicted octanol–water partition coefficient (Wildman–Crippen LogP) is 6.36. The van der Waals surface area contributed by atoms with Crippen LogP contribution in [0.25, 0.3) is 34.4 Å². The van der Waals surface area contributed by atoms with Crippen LogP contribution in [0.3, 0.4) is 0 Å². The number of nitrogen functional groups attached to an aromatic ring is 2. The number of hydrogen-bond donors (Lipinski definition) is 2. The van der Waals surface area contributed by atoms with Crippen LogP contribution in [0.1, 0.15) is 11.1 Å². The molecule has 0 aliphatic rings. The van der Waals surface area contributed by atoms with E-state index in [1.807, 2.05) is 60.7 Å². The lowest BCUT2D eigenvalue weighted by Gasteiger charge is -2.10. The third-order valence-electron chi connectivity index (χ3n) is 4.77. The van der Waals surface area contributed by atoms with Gasteiger partial charge in [-0.1, -0.05) is 84.9 Å². The van der Waals surface area contributed by atoms with Crippen LogP contribution in [0, 0.1) is 0 Å². The molecule has 0 saturated carbocycles. The lowest BCUT2D eigenvalue weighted by molar-refractivity contribution is 1.57. The van der Waals surface area contributed by atoms with E-state index >= 15 is 0 Å². The van der Waals surface area contributed by atoms with Crippen LogP contribution in [-0.2, 0) is 0 Å². The summed E-state index contributed by atoms with van der Waals surface area (Å²) in [6.07, 6.45) is 4.28. The van der Waals surface area contributed by atoms with Crippen molar-refractivity contribution in [1.82, 2.24) is 0 Å². The maximum atomic E-state index is 6.05. The molecule has 0 heterocycles. The fourth-order valence-corrected chi connectivity index (χ4v) is 3.35. The Morgan fingerprint density at radius 2 is 0.857 bits per heavy atom. The Labute approximate surface area is 165 Å².